The third-order valence-corrected chi connectivity index (χ3v) is 5.57. The van der Waals surface area contributed by atoms with Gasteiger partial charge in [0.1, 0.15) is 0 Å². The summed E-state index contributed by atoms with van der Waals surface area (Å²) in [6, 6.07) is 19.7. The first-order valence-corrected chi connectivity index (χ1v) is 10.7. The second kappa shape index (κ2) is 8.05. The van der Waals surface area contributed by atoms with E-state index in [0.29, 0.717) is 22.5 Å². The van der Waals surface area contributed by atoms with Crippen LogP contribution in [0.1, 0.15) is 15.9 Å². The summed E-state index contributed by atoms with van der Waals surface area (Å²) in [5.74, 6) is -0.317. The highest BCUT2D eigenvalue weighted by Crippen LogP contribution is 2.26. The molecular weight excluding hydrogens is 416 g/mol. The van der Waals surface area contributed by atoms with E-state index >= 15 is 0 Å². The summed E-state index contributed by atoms with van der Waals surface area (Å²) < 4.78 is 22.6. The van der Waals surface area contributed by atoms with Crippen LogP contribution in [0.2, 0.25) is 0 Å². The number of anilines is 1. The number of sulfonamides is 1. The minimum Gasteiger partial charge on any atom is -0.494 e. The maximum absolute atomic E-state index is 12.4. The van der Waals surface area contributed by atoms with Crippen molar-refractivity contribution in [1.29, 1.82) is 0 Å². The molecule has 156 valence electrons. The number of hydrogen-bond acceptors (Lipinski definition) is 5. The van der Waals surface area contributed by atoms with Crippen LogP contribution in [0.25, 0.3) is 10.9 Å². The highest BCUT2D eigenvalue weighted by Gasteiger charge is 2.10. The van der Waals surface area contributed by atoms with Gasteiger partial charge in [-0.3, -0.25) is 9.79 Å². The van der Waals surface area contributed by atoms with E-state index in [1.54, 1.807) is 30.5 Å². The van der Waals surface area contributed by atoms with Crippen LogP contribution in [0, 0.1) is 0 Å². The van der Waals surface area contributed by atoms with E-state index in [4.69, 9.17) is 5.14 Å². The molecule has 5 N–H and O–H groups in total. The molecule has 0 aliphatic heterocycles. The number of aromatic hydroxyl groups is 1. The van der Waals surface area contributed by atoms with Gasteiger partial charge in [0.25, 0.3) is 5.91 Å². The lowest BCUT2D eigenvalue weighted by Gasteiger charge is -2.06. The molecule has 0 fully saturated rings. The van der Waals surface area contributed by atoms with Gasteiger partial charge in [-0.05, 0) is 54.6 Å². The van der Waals surface area contributed by atoms with Gasteiger partial charge in [-0.15, -0.1) is 0 Å². The smallest absolute Gasteiger partial charge is 0.255 e. The molecule has 3 aromatic carbocycles. The van der Waals surface area contributed by atoms with Crippen molar-refractivity contribution in [3.05, 3.63) is 83.9 Å². The van der Waals surface area contributed by atoms with Crippen molar-refractivity contribution >= 4 is 44.4 Å². The third kappa shape index (κ3) is 4.47. The molecule has 1 heterocycles. The zero-order valence-electron chi connectivity index (χ0n) is 16.1. The molecule has 31 heavy (non-hydrogen) atoms. The summed E-state index contributed by atoms with van der Waals surface area (Å²) in [6.45, 7) is 0. The van der Waals surface area contributed by atoms with E-state index in [-0.39, 0.29) is 16.7 Å². The largest absolute Gasteiger partial charge is 0.494 e. The molecular formula is C22H18N4O4S. The van der Waals surface area contributed by atoms with Gasteiger partial charge in [-0.1, -0.05) is 18.2 Å². The maximum Gasteiger partial charge on any atom is 0.255 e. The lowest BCUT2D eigenvalue weighted by Crippen LogP contribution is -2.13. The summed E-state index contributed by atoms with van der Waals surface area (Å²) in [5, 5.41) is 18.7. The molecule has 0 bridgehead atoms. The number of nitrogens with two attached hydrogens (primary N) is 1. The average molecular weight is 434 g/mol. The number of H-pyrrole nitrogens is 1. The van der Waals surface area contributed by atoms with E-state index in [1.165, 1.54) is 24.3 Å². The number of aromatic nitrogens is 1. The predicted octanol–water partition coefficient (Wildman–Crippen LogP) is 3.52. The summed E-state index contributed by atoms with van der Waals surface area (Å²) in [6.07, 6.45) is 1.57. The van der Waals surface area contributed by atoms with Crippen molar-refractivity contribution in [2.75, 3.05) is 5.32 Å². The Hall–Kier alpha value is -3.95. The van der Waals surface area contributed by atoms with Gasteiger partial charge in [-0.25, -0.2) is 13.6 Å². The SMILES string of the molecule is NS(=O)(=O)c1ccc(NC(=O)c2ccc(N=Cc3c(O)[nH]c4ccccc34)cc2)cc1. The fourth-order valence-electron chi connectivity index (χ4n) is 3.05. The molecule has 1 aromatic heterocycles. The van der Waals surface area contributed by atoms with E-state index < -0.39 is 10.0 Å². The Balaban J connectivity index is 1.47. The number of primary sulfonamides is 1. The highest BCUT2D eigenvalue weighted by atomic mass is 32.2. The normalized spacial score (nSPS) is 11.8. The number of benzene rings is 3. The number of amides is 1. The molecule has 4 rings (SSSR count). The number of fused-ring (bicyclic) bond motifs is 1. The van der Waals surface area contributed by atoms with Crippen LogP contribution < -0.4 is 10.5 Å². The molecule has 4 aromatic rings. The number of carbonyl (C=O) groups is 1. The maximum atomic E-state index is 12.4. The Morgan fingerprint density at radius 3 is 2.35 bits per heavy atom. The van der Waals surface area contributed by atoms with Crippen LogP contribution in [0.5, 0.6) is 5.88 Å². The number of hydrogen-bond donors (Lipinski definition) is 4. The van der Waals surface area contributed by atoms with Crippen LogP contribution >= 0.6 is 0 Å². The van der Waals surface area contributed by atoms with Crippen molar-refractivity contribution < 1.29 is 18.3 Å². The first-order chi connectivity index (χ1) is 14.8. The molecule has 1 amide bonds. The summed E-state index contributed by atoms with van der Waals surface area (Å²) in [4.78, 5) is 19.6. The van der Waals surface area contributed by atoms with E-state index in [1.807, 2.05) is 24.3 Å². The molecule has 9 heteroatoms. The van der Waals surface area contributed by atoms with Gasteiger partial charge in [-0.2, -0.15) is 0 Å². The zero-order valence-corrected chi connectivity index (χ0v) is 16.9. The van der Waals surface area contributed by atoms with Crippen LogP contribution in [-0.4, -0.2) is 30.6 Å². The van der Waals surface area contributed by atoms with Crippen LogP contribution in [0.15, 0.2) is 82.7 Å². The Morgan fingerprint density at radius 1 is 1.00 bits per heavy atom. The van der Waals surface area contributed by atoms with Gasteiger partial charge in [0.2, 0.25) is 10.0 Å². The van der Waals surface area contributed by atoms with Gasteiger partial charge in [0.05, 0.1) is 16.1 Å². The highest BCUT2D eigenvalue weighted by molar-refractivity contribution is 7.89. The standard InChI is InChI=1S/C22H18N4O4S/c23-31(29,30)17-11-9-16(10-12-17)25-21(27)14-5-7-15(8-6-14)24-13-19-18-3-1-2-4-20(18)26-22(19)28/h1-13,26,28H,(H,25,27)(H2,23,29,30). The van der Waals surface area contributed by atoms with Crippen LogP contribution in [0.3, 0.4) is 0 Å². The lowest BCUT2D eigenvalue weighted by molar-refractivity contribution is 0.102. The predicted molar refractivity (Wildman–Crippen MR) is 119 cm³/mol. The zero-order chi connectivity index (χ0) is 22.0. The molecule has 0 radical (unpaired) electrons. The van der Waals surface area contributed by atoms with Crippen molar-refractivity contribution in [2.45, 2.75) is 4.90 Å². The van der Waals surface area contributed by atoms with E-state index in [2.05, 4.69) is 15.3 Å². The number of aliphatic imine (C=N–C) groups is 1. The number of nitrogens with one attached hydrogen (secondary N) is 2. The topological polar surface area (TPSA) is 138 Å². The number of carbonyl (C=O) groups excluding carboxylic acids is 1. The summed E-state index contributed by atoms with van der Waals surface area (Å²) in [5.41, 5.74) is 2.85. The number of rotatable bonds is 5. The molecule has 0 aliphatic carbocycles. The Morgan fingerprint density at radius 2 is 1.68 bits per heavy atom. The fourth-order valence-corrected chi connectivity index (χ4v) is 3.56. The van der Waals surface area contributed by atoms with Gasteiger partial charge < -0.3 is 15.4 Å². The molecule has 0 saturated heterocycles. The third-order valence-electron chi connectivity index (χ3n) is 4.64. The number of aromatic amines is 1. The van der Waals surface area contributed by atoms with Gasteiger partial charge in [0.15, 0.2) is 5.88 Å². The van der Waals surface area contributed by atoms with Crippen LogP contribution in [-0.2, 0) is 10.0 Å². The molecule has 0 atom stereocenters. The van der Waals surface area contributed by atoms with Crippen molar-refractivity contribution in [2.24, 2.45) is 10.1 Å². The molecule has 0 aliphatic rings. The monoisotopic (exact) mass is 434 g/mol. The second-order valence-electron chi connectivity index (χ2n) is 6.76. The van der Waals surface area contributed by atoms with Crippen molar-refractivity contribution in [3.8, 4) is 5.88 Å². The Bertz CT molecular complexity index is 1390. The minimum absolute atomic E-state index is 0.0334. The van der Waals surface area contributed by atoms with E-state index in [9.17, 15) is 18.3 Å². The number of para-hydroxylation sites is 1. The average Bonchev–Trinajstić information content (AvgIpc) is 3.07. The first-order valence-electron chi connectivity index (χ1n) is 9.19. The summed E-state index contributed by atoms with van der Waals surface area (Å²) in [7, 11) is -3.79. The quantitative estimate of drug-likeness (QED) is 0.357. The van der Waals surface area contributed by atoms with Gasteiger partial charge in [0, 0.05) is 28.4 Å². The fraction of sp³-hybridized carbons (Fsp3) is 0. The lowest BCUT2D eigenvalue weighted by atomic mass is 10.1. The minimum atomic E-state index is -3.79. The molecule has 8 nitrogen and oxygen atoms in total. The van der Waals surface area contributed by atoms with E-state index in [0.717, 1.165) is 10.9 Å². The number of nitrogens with zero attached hydrogens (tertiary/aromatic N) is 1. The van der Waals surface area contributed by atoms with Gasteiger partial charge >= 0.3 is 0 Å². The van der Waals surface area contributed by atoms with Crippen LogP contribution in [0.4, 0.5) is 11.4 Å². The second-order valence-corrected chi connectivity index (χ2v) is 8.32. The Kier molecular flexibility index (Phi) is 5.28. The van der Waals surface area contributed by atoms with Crippen molar-refractivity contribution in [3.63, 3.8) is 0 Å². The molecule has 0 spiro atoms. The first kappa shape index (κ1) is 20.3. The molecule has 0 unspecified atom stereocenters. The molecule has 0 saturated carbocycles. The Labute approximate surface area is 178 Å². The summed E-state index contributed by atoms with van der Waals surface area (Å²) >= 11 is 0. The van der Waals surface area contributed by atoms with Crippen molar-refractivity contribution in [1.82, 2.24) is 4.98 Å².